The Hall–Kier alpha value is -2.06. The molecule has 0 fully saturated rings. The summed E-state index contributed by atoms with van der Waals surface area (Å²) in [6.45, 7) is 0. The van der Waals surface area contributed by atoms with E-state index in [1.165, 1.54) is 20.4 Å². The van der Waals surface area contributed by atoms with Crippen LogP contribution in [0.1, 0.15) is 15.9 Å². The van der Waals surface area contributed by atoms with Crippen LogP contribution in [-0.2, 0) is 0 Å². The standard InChI is InChI=1S/C16H14Br2N2O4/c1-23-11-5-10(6-12(7-11)24-2)16(22)20-19-8-9-3-13(17)15(21)14(18)4-9/h3-8,21H,1-2H3,(H,20,22)/b19-8-. The van der Waals surface area contributed by atoms with Crippen LogP contribution < -0.4 is 14.9 Å². The molecule has 2 N–H and O–H groups in total. The number of hydrogen-bond acceptors (Lipinski definition) is 5. The lowest BCUT2D eigenvalue weighted by Crippen LogP contribution is -2.17. The third kappa shape index (κ3) is 4.48. The van der Waals surface area contributed by atoms with Gasteiger partial charge in [-0.2, -0.15) is 5.10 Å². The van der Waals surface area contributed by atoms with Gasteiger partial charge in [-0.15, -0.1) is 0 Å². The van der Waals surface area contributed by atoms with Crippen LogP contribution in [0.4, 0.5) is 0 Å². The first-order chi connectivity index (χ1) is 11.4. The molecule has 0 saturated heterocycles. The SMILES string of the molecule is COc1cc(OC)cc(C(=O)N/N=C\c2cc(Br)c(O)c(Br)c2)c1. The summed E-state index contributed by atoms with van der Waals surface area (Å²) in [5.74, 6) is 0.713. The number of nitrogens with zero attached hydrogens (tertiary/aromatic N) is 1. The van der Waals surface area contributed by atoms with Crippen molar-refractivity contribution < 1.29 is 19.4 Å². The zero-order chi connectivity index (χ0) is 17.7. The van der Waals surface area contributed by atoms with Gasteiger partial charge in [-0.05, 0) is 61.7 Å². The number of nitrogens with one attached hydrogen (secondary N) is 1. The Labute approximate surface area is 155 Å². The topological polar surface area (TPSA) is 80.2 Å². The molecule has 0 saturated carbocycles. The highest BCUT2D eigenvalue weighted by Gasteiger charge is 2.09. The van der Waals surface area contributed by atoms with E-state index >= 15 is 0 Å². The molecule has 0 unspecified atom stereocenters. The number of aromatic hydroxyl groups is 1. The molecule has 0 aliphatic rings. The Balaban J connectivity index is 2.13. The van der Waals surface area contributed by atoms with Crippen LogP contribution in [0.5, 0.6) is 17.2 Å². The maximum absolute atomic E-state index is 12.2. The number of ether oxygens (including phenoxy) is 2. The van der Waals surface area contributed by atoms with E-state index in [4.69, 9.17) is 9.47 Å². The molecule has 0 aromatic heterocycles. The summed E-state index contributed by atoms with van der Waals surface area (Å²) in [7, 11) is 3.02. The van der Waals surface area contributed by atoms with Gasteiger partial charge >= 0.3 is 0 Å². The van der Waals surface area contributed by atoms with Crippen molar-refractivity contribution in [2.24, 2.45) is 5.10 Å². The highest BCUT2D eigenvalue weighted by molar-refractivity contribution is 9.11. The minimum absolute atomic E-state index is 0.0969. The normalized spacial score (nSPS) is 10.7. The Bertz CT molecular complexity index is 748. The van der Waals surface area contributed by atoms with Gasteiger partial charge in [0.1, 0.15) is 17.2 Å². The summed E-state index contributed by atoms with van der Waals surface area (Å²) in [5.41, 5.74) is 3.48. The van der Waals surface area contributed by atoms with Gasteiger partial charge in [0.15, 0.2) is 0 Å². The molecule has 0 radical (unpaired) electrons. The molecule has 2 aromatic rings. The number of hydrazone groups is 1. The van der Waals surface area contributed by atoms with Crippen molar-refractivity contribution in [2.75, 3.05) is 14.2 Å². The lowest BCUT2D eigenvalue weighted by molar-refractivity contribution is 0.0954. The van der Waals surface area contributed by atoms with Gasteiger partial charge in [-0.1, -0.05) is 0 Å². The number of phenols is 1. The van der Waals surface area contributed by atoms with Crippen molar-refractivity contribution in [1.82, 2.24) is 5.43 Å². The van der Waals surface area contributed by atoms with Gasteiger partial charge in [-0.25, -0.2) is 5.43 Å². The second-order valence-electron chi connectivity index (χ2n) is 4.63. The molecular weight excluding hydrogens is 444 g/mol. The van der Waals surface area contributed by atoms with E-state index in [1.54, 1.807) is 30.3 Å². The number of phenolic OH excluding ortho intramolecular Hbond substituents is 1. The molecule has 2 rings (SSSR count). The van der Waals surface area contributed by atoms with E-state index in [0.717, 1.165) is 0 Å². The zero-order valence-electron chi connectivity index (χ0n) is 12.8. The minimum Gasteiger partial charge on any atom is -0.506 e. The number of hydrogen-bond donors (Lipinski definition) is 2. The number of carbonyl (C=O) groups excluding carboxylic acids is 1. The van der Waals surface area contributed by atoms with Crippen molar-refractivity contribution in [3.8, 4) is 17.2 Å². The van der Waals surface area contributed by atoms with Crippen molar-refractivity contribution in [3.05, 3.63) is 50.4 Å². The van der Waals surface area contributed by atoms with Crippen LogP contribution in [0.2, 0.25) is 0 Å². The van der Waals surface area contributed by atoms with Gasteiger partial charge in [0.25, 0.3) is 5.91 Å². The summed E-state index contributed by atoms with van der Waals surface area (Å²) < 4.78 is 11.3. The Morgan fingerprint density at radius 2 is 1.62 bits per heavy atom. The summed E-state index contributed by atoms with van der Waals surface area (Å²) >= 11 is 6.46. The number of benzene rings is 2. The first-order valence-electron chi connectivity index (χ1n) is 6.69. The van der Waals surface area contributed by atoms with Crippen LogP contribution in [0, 0.1) is 0 Å². The van der Waals surface area contributed by atoms with Crippen molar-refractivity contribution >= 4 is 44.0 Å². The number of carbonyl (C=O) groups is 1. The fourth-order valence-corrected chi connectivity index (χ4v) is 3.05. The van der Waals surface area contributed by atoms with Gasteiger partial charge in [-0.3, -0.25) is 4.79 Å². The van der Waals surface area contributed by atoms with E-state index < -0.39 is 5.91 Å². The van der Waals surface area contributed by atoms with Crippen LogP contribution in [-0.4, -0.2) is 31.4 Å². The third-order valence-corrected chi connectivity index (χ3v) is 4.24. The molecule has 126 valence electrons. The average Bonchev–Trinajstić information content (AvgIpc) is 2.58. The minimum atomic E-state index is -0.402. The van der Waals surface area contributed by atoms with E-state index in [9.17, 15) is 9.90 Å². The summed E-state index contributed by atoms with van der Waals surface area (Å²) in [4.78, 5) is 12.2. The Morgan fingerprint density at radius 3 is 2.12 bits per heavy atom. The fraction of sp³-hybridized carbons (Fsp3) is 0.125. The number of methoxy groups -OCH3 is 2. The van der Waals surface area contributed by atoms with E-state index in [-0.39, 0.29) is 5.75 Å². The highest BCUT2D eigenvalue weighted by Crippen LogP contribution is 2.32. The third-order valence-electron chi connectivity index (χ3n) is 3.03. The predicted molar refractivity (Wildman–Crippen MR) is 98.1 cm³/mol. The lowest BCUT2D eigenvalue weighted by atomic mass is 10.2. The molecule has 0 aliphatic heterocycles. The van der Waals surface area contributed by atoms with Gasteiger partial charge in [0.2, 0.25) is 0 Å². The predicted octanol–water partition coefficient (Wildman–Crippen LogP) is 3.70. The van der Waals surface area contributed by atoms with Gasteiger partial charge in [0, 0.05) is 11.6 Å². The maximum atomic E-state index is 12.2. The van der Waals surface area contributed by atoms with Crippen molar-refractivity contribution in [3.63, 3.8) is 0 Å². The van der Waals surface area contributed by atoms with Gasteiger partial charge in [0.05, 0.1) is 29.4 Å². The average molecular weight is 458 g/mol. The quantitative estimate of drug-likeness (QED) is 0.530. The molecule has 0 aliphatic carbocycles. The van der Waals surface area contributed by atoms with E-state index in [2.05, 4.69) is 42.4 Å². The van der Waals surface area contributed by atoms with E-state index in [1.807, 2.05) is 0 Å². The molecule has 24 heavy (non-hydrogen) atoms. The molecule has 0 heterocycles. The molecule has 0 spiro atoms. The summed E-state index contributed by atoms with van der Waals surface area (Å²) in [5, 5.41) is 13.6. The van der Waals surface area contributed by atoms with Gasteiger partial charge < -0.3 is 14.6 Å². The Morgan fingerprint density at radius 1 is 1.08 bits per heavy atom. The first kappa shape index (κ1) is 18.3. The molecule has 0 bridgehead atoms. The van der Waals surface area contributed by atoms with Crippen molar-refractivity contribution in [1.29, 1.82) is 0 Å². The number of amides is 1. The monoisotopic (exact) mass is 456 g/mol. The fourth-order valence-electron chi connectivity index (χ4n) is 1.83. The summed E-state index contributed by atoms with van der Waals surface area (Å²) in [6.07, 6.45) is 1.46. The van der Waals surface area contributed by atoms with Crippen LogP contribution in [0.25, 0.3) is 0 Å². The molecule has 2 aromatic carbocycles. The van der Waals surface area contributed by atoms with Crippen LogP contribution >= 0.6 is 31.9 Å². The highest BCUT2D eigenvalue weighted by atomic mass is 79.9. The smallest absolute Gasteiger partial charge is 0.271 e. The summed E-state index contributed by atoms with van der Waals surface area (Å²) in [6, 6.07) is 8.18. The number of halogens is 2. The van der Waals surface area contributed by atoms with Crippen molar-refractivity contribution in [2.45, 2.75) is 0 Å². The van der Waals surface area contributed by atoms with E-state index in [0.29, 0.717) is 31.6 Å². The molecule has 0 atom stereocenters. The molecular formula is C16H14Br2N2O4. The maximum Gasteiger partial charge on any atom is 0.271 e. The lowest BCUT2D eigenvalue weighted by Gasteiger charge is -2.07. The molecule has 6 nitrogen and oxygen atoms in total. The second kappa shape index (κ2) is 8.16. The number of rotatable bonds is 5. The molecule has 1 amide bonds. The zero-order valence-corrected chi connectivity index (χ0v) is 16.0. The molecule has 8 heteroatoms. The largest absolute Gasteiger partial charge is 0.506 e. The second-order valence-corrected chi connectivity index (χ2v) is 6.34. The van der Waals surface area contributed by atoms with Crippen LogP contribution in [0.3, 0.4) is 0 Å². The first-order valence-corrected chi connectivity index (χ1v) is 8.27. The Kier molecular flexibility index (Phi) is 6.22. The van der Waals surface area contributed by atoms with Crippen LogP contribution in [0.15, 0.2) is 44.4 Å².